The molecule has 19 heavy (non-hydrogen) atoms. The zero-order valence-electron chi connectivity index (χ0n) is 11.5. The number of hydrogen-bond donors (Lipinski definition) is 1. The van der Waals surface area contributed by atoms with Gasteiger partial charge in [0.15, 0.2) is 0 Å². The maximum atomic E-state index is 12.4. The molecule has 1 heterocycles. The molecule has 1 aliphatic carbocycles. The lowest BCUT2D eigenvalue weighted by molar-refractivity contribution is -0.141. The number of carboxylic acids is 1. The van der Waals surface area contributed by atoms with Gasteiger partial charge in [0.1, 0.15) is 0 Å². The minimum atomic E-state index is -0.875. The van der Waals surface area contributed by atoms with Gasteiger partial charge in [-0.2, -0.15) is 0 Å². The Labute approximate surface area is 113 Å². The Balaban J connectivity index is 1.96. The van der Waals surface area contributed by atoms with Crippen LogP contribution in [0.25, 0.3) is 0 Å². The third-order valence-corrected chi connectivity index (χ3v) is 4.02. The topological polar surface area (TPSA) is 70.1 Å². The second-order valence-corrected chi connectivity index (χ2v) is 5.50. The number of aliphatic carboxylic acids is 1. The predicted octanol–water partition coefficient (Wildman–Crippen LogP) is 1.01. The zero-order valence-corrected chi connectivity index (χ0v) is 11.5. The second-order valence-electron chi connectivity index (χ2n) is 5.50. The first-order valence-corrected chi connectivity index (χ1v) is 6.87. The van der Waals surface area contributed by atoms with Crippen molar-refractivity contribution in [2.75, 3.05) is 26.7 Å². The van der Waals surface area contributed by atoms with Crippen molar-refractivity contribution in [1.29, 1.82) is 0 Å². The third-order valence-electron chi connectivity index (χ3n) is 4.02. The maximum absolute atomic E-state index is 12.4. The normalized spacial score (nSPS) is 27.8. The molecule has 6 heteroatoms. The average molecular weight is 270 g/mol. The number of hydrogen-bond acceptors (Lipinski definition) is 3. The maximum Gasteiger partial charge on any atom is 0.320 e. The molecule has 0 aromatic carbocycles. The van der Waals surface area contributed by atoms with Crippen LogP contribution in [0.4, 0.5) is 4.79 Å². The van der Waals surface area contributed by atoms with Crippen LogP contribution in [0.3, 0.4) is 0 Å². The van der Waals surface area contributed by atoms with Gasteiger partial charge in [0.05, 0.1) is 24.7 Å². The van der Waals surface area contributed by atoms with Crippen molar-refractivity contribution in [2.24, 2.45) is 5.92 Å². The van der Waals surface area contributed by atoms with Crippen LogP contribution in [0.1, 0.15) is 26.2 Å². The van der Waals surface area contributed by atoms with Crippen LogP contribution in [0.15, 0.2) is 0 Å². The van der Waals surface area contributed by atoms with Crippen LogP contribution in [-0.2, 0) is 9.53 Å². The van der Waals surface area contributed by atoms with E-state index in [-0.39, 0.29) is 24.7 Å². The molecule has 0 radical (unpaired) electrons. The van der Waals surface area contributed by atoms with E-state index in [9.17, 15) is 9.59 Å². The number of carbonyl (C=O) groups is 2. The first kappa shape index (κ1) is 14.1. The summed E-state index contributed by atoms with van der Waals surface area (Å²) in [5.74, 6) is -1.42. The molecule has 0 aromatic heterocycles. The van der Waals surface area contributed by atoms with Crippen LogP contribution in [0.2, 0.25) is 0 Å². The number of nitrogens with zero attached hydrogens (tertiary/aromatic N) is 2. The molecule has 1 N–H and O–H groups in total. The van der Waals surface area contributed by atoms with E-state index in [0.717, 1.165) is 19.3 Å². The Morgan fingerprint density at radius 1 is 1.47 bits per heavy atom. The minimum Gasteiger partial charge on any atom is -0.481 e. The molecule has 108 valence electrons. The highest BCUT2D eigenvalue weighted by Gasteiger charge is 2.39. The van der Waals surface area contributed by atoms with Crippen molar-refractivity contribution in [2.45, 2.75) is 38.3 Å². The van der Waals surface area contributed by atoms with Gasteiger partial charge in [-0.3, -0.25) is 4.79 Å². The fourth-order valence-electron chi connectivity index (χ4n) is 2.95. The van der Waals surface area contributed by atoms with Crippen LogP contribution >= 0.6 is 0 Å². The quantitative estimate of drug-likeness (QED) is 0.831. The average Bonchev–Trinajstić information content (AvgIpc) is 2.85. The Kier molecular flexibility index (Phi) is 4.29. The fraction of sp³-hybridized carbons (Fsp3) is 0.846. The van der Waals surface area contributed by atoms with E-state index in [4.69, 9.17) is 9.84 Å². The highest BCUT2D eigenvalue weighted by molar-refractivity contribution is 5.76. The van der Waals surface area contributed by atoms with Crippen LogP contribution in [-0.4, -0.2) is 65.8 Å². The van der Waals surface area contributed by atoms with Crippen molar-refractivity contribution in [1.82, 2.24) is 9.80 Å². The molecule has 0 aromatic rings. The van der Waals surface area contributed by atoms with Gasteiger partial charge < -0.3 is 19.6 Å². The van der Waals surface area contributed by atoms with Gasteiger partial charge in [-0.15, -0.1) is 0 Å². The van der Waals surface area contributed by atoms with E-state index in [1.807, 2.05) is 4.90 Å². The lowest BCUT2D eigenvalue weighted by Crippen LogP contribution is -2.55. The van der Waals surface area contributed by atoms with E-state index in [0.29, 0.717) is 13.2 Å². The first-order chi connectivity index (χ1) is 9.00. The number of carboxylic acid groups (broad SMARTS) is 1. The van der Waals surface area contributed by atoms with Crippen LogP contribution < -0.4 is 0 Å². The number of carbonyl (C=O) groups excluding carboxylic acids is 1. The zero-order chi connectivity index (χ0) is 14.0. The molecule has 1 saturated heterocycles. The molecular weight excluding hydrogens is 248 g/mol. The van der Waals surface area contributed by atoms with Crippen molar-refractivity contribution in [3.63, 3.8) is 0 Å². The summed E-state index contributed by atoms with van der Waals surface area (Å²) in [4.78, 5) is 26.6. The van der Waals surface area contributed by atoms with Gasteiger partial charge in [-0.1, -0.05) is 6.92 Å². The number of amides is 2. The number of urea groups is 1. The largest absolute Gasteiger partial charge is 0.481 e. The van der Waals surface area contributed by atoms with Crippen molar-refractivity contribution in [3.8, 4) is 0 Å². The highest BCUT2D eigenvalue weighted by atomic mass is 16.5. The van der Waals surface area contributed by atoms with E-state index in [1.54, 1.807) is 14.0 Å². The standard InChI is InChI=1S/C13H22N2O4/c1-9(12(16)17)8-14(2)13(18)15-6-7-19-11-5-3-4-10(11)15/h9-11H,3-8H2,1-2H3,(H,16,17). The Morgan fingerprint density at radius 2 is 2.21 bits per heavy atom. The fourth-order valence-corrected chi connectivity index (χ4v) is 2.95. The summed E-state index contributed by atoms with van der Waals surface area (Å²) < 4.78 is 5.67. The molecular formula is C13H22N2O4. The van der Waals surface area contributed by atoms with E-state index < -0.39 is 11.9 Å². The van der Waals surface area contributed by atoms with E-state index in [1.165, 1.54) is 4.90 Å². The summed E-state index contributed by atoms with van der Waals surface area (Å²) in [6.45, 7) is 3.04. The molecule has 3 unspecified atom stereocenters. The van der Waals surface area contributed by atoms with Crippen LogP contribution in [0.5, 0.6) is 0 Å². The molecule has 2 fully saturated rings. The second kappa shape index (κ2) is 5.77. The molecule has 1 aliphatic heterocycles. The lowest BCUT2D eigenvalue weighted by Gasteiger charge is -2.39. The lowest BCUT2D eigenvalue weighted by atomic mass is 10.1. The van der Waals surface area contributed by atoms with Gasteiger partial charge >= 0.3 is 12.0 Å². The number of ether oxygens (including phenoxy) is 1. The molecule has 3 atom stereocenters. The molecule has 1 saturated carbocycles. The molecule has 2 amide bonds. The smallest absolute Gasteiger partial charge is 0.320 e. The van der Waals surface area contributed by atoms with Crippen molar-refractivity contribution in [3.05, 3.63) is 0 Å². The Hall–Kier alpha value is -1.30. The molecule has 0 spiro atoms. The molecule has 6 nitrogen and oxygen atoms in total. The summed E-state index contributed by atoms with van der Waals surface area (Å²) >= 11 is 0. The minimum absolute atomic E-state index is 0.0756. The highest BCUT2D eigenvalue weighted by Crippen LogP contribution is 2.30. The summed E-state index contributed by atoms with van der Waals surface area (Å²) in [6, 6.07) is 0.0946. The third kappa shape index (κ3) is 3.00. The predicted molar refractivity (Wildman–Crippen MR) is 68.9 cm³/mol. The van der Waals surface area contributed by atoms with Crippen molar-refractivity contribution < 1.29 is 19.4 Å². The summed E-state index contributed by atoms with van der Waals surface area (Å²) in [6.07, 6.45) is 3.26. The Bertz CT molecular complexity index is 361. The number of fused-ring (bicyclic) bond motifs is 1. The van der Waals surface area contributed by atoms with Gasteiger partial charge in [0, 0.05) is 20.1 Å². The van der Waals surface area contributed by atoms with Crippen molar-refractivity contribution >= 4 is 12.0 Å². The van der Waals surface area contributed by atoms with Crippen LogP contribution in [0, 0.1) is 5.92 Å². The molecule has 2 aliphatic rings. The SMILES string of the molecule is CC(CN(C)C(=O)N1CCOC2CCCC21)C(=O)O. The Morgan fingerprint density at radius 3 is 2.89 bits per heavy atom. The van der Waals surface area contributed by atoms with E-state index >= 15 is 0 Å². The van der Waals surface area contributed by atoms with Gasteiger partial charge in [0.25, 0.3) is 0 Å². The first-order valence-electron chi connectivity index (χ1n) is 6.87. The van der Waals surface area contributed by atoms with Gasteiger partial charge in [-0.05, 0) is 19.3 Å². The number of rotatable bonds is 3. The summed E-state index contributed by atoms with van der Waals surface area (Å²) in [5.41, 5.74) is 0. The summed E-state index contributed by atoms with van der Waals surface area (Å²) in [7, 11) is 1.67. The molecule has 2 rings (SSSR count). The van der Waals surface area contributed by atoms with E-state index in [2.05, 4.69) is 0 Å². The van der Waals surface area contributed by atoms with Gasteiger partial charge in [0.2, 0.25) is 0 Å². The molecule has 0 bridgehead atoms. The summed E-state index contributed by atoms with van der Waals surface area (Å²) in [5, 5.41) is 8.90. The monoisotopic (exact) mass is 270 g/mol. The van der Waals surface area contributed by atoms with Gasteiger partial charge in [-0.25, -0.2) is 4.79 Å². The number of morpholine rings is 1.